The van der Waals surface area contributed by atoms with Crippen LogP contribution in [0.1, 0.15) is 25.5 Å². The second-order valence-electron chi connectivity index (χ2n) is 5.96. The largest absolute Gasteiger partial charge is 0.330 e. The van der Waals surface area contributed by atoms with Gasteiger partial charge in [-0.2, -0.15) is 5.10 Å². The predicted molar refractivity (Wildman–Crippen MR) is 106 cm³/mol. The molecule has 0 aliphatic heterocycles. The number of nitrogens with one attached hydrogen (secondary N) is 2. The molecule has 3 rings (SSSR count). The third-order valence-electron chi connectivity index (χ3n) is 3.43. The Morgan fingerprint density at radius 3 is 2.92 bits per heavy atom. The molecule has 26 heavy (non-hydrogen) atoms. The maximum atomic E-state index is 12.2. The van der Waals surface area contributed by atoms with E-state index in [1.54, 1.807) is 16.9 Å². The van der Waals surface area contributed by atoms with Crippen molar-refractivity contribution in [1.29, 1.82) is 0 Å². The molecule has 0 fully saturated rings. The minimum atomic E-state index is -0.0965. The summed E-state index contributed by atoms with van der Waals surface area (Å²) >= 11 is 2.79. The van der Waals surface area contributed by atoms with Crippen LogP contribution in [-0.2, 0) is 4.79 Å². The molecule has 0 atom stereocenters. The molecule has 0 radical (unpaired) electrons. The van der Waals surface area contributed by atoms with Crippen LogP contribution in [0.25, 0.3) is 0 Å². The van der Waals surface area contributed by atoms with Gasteiger partial charge >= 0.3 is 0 Å². The first-order valence-corrected chi connectivity index (χ1v) is 9.95. The zero-order valence-electron chi connectivity index (χ0n) is 14.8. The molecule has 0 aliphatic rings. The molecule has 0 aliphatic carbocycles. The fourth-order valence-electron chi connectivity index (χ4n) is 2.30. The van der Waals surface area contributed by atoms with Crippen molar-refractivity contribution >= 4 is 45.6 Å². The average Bonchev–Trinajstić information content (AvgIpc) is 3.22. The van der Waals surface area contributed by atoms with Crippen LogP contribution in [0, 0.1) is 6.92 Å². The quantitative estimate of drug-likeness (QED) is 0.593. The van der Waals surface area contributed by atoms with Gasteiger partial charge in [0.2, 0.25) is 11.0 Å². The van der Waals surface area contributed by atoms with Gasteiger partial charge in [0.25, 0.3) is 0 Å². The van der Waals surface area contributed by atoms with Gasteiger partial charge in [-0.3, -0.25) is 4.79 Å². The van der Waals surface area contributed by atoms with Crippen LogP contribution < -0.4 is 10.6 Å². The minimum absolute atomic E-state index is 0.0965. The smallest absolute Gasteiger partial charge is 0.235 e. The van der Waals surface area contributed by atoms with E-state index in [1.807, 2.05) is 45.0 Å². The third kappa shape index (κ3) is 4.83. The van der Waals surface area contributed by atoms with E-state index in [1.165, 1.54) is 28.7 Å². The standard InChI is InChI=1S/C17H20N6OS2/c1-11(2)23-14(7-8-18-23)20-15(24)10-25-17-22-21-16(26-17)19-13-6-4-5-12(3)9-13/h4-9,11H,10H2,1-3H3,(H,19,21)(H,20,24). The summed E-state index contributed by atoms with van der Waals surface area (Å²) in [6.07, 6.45) is 1.68. The molecular formula is C17H20N6OS2. The van der Waals surface area contributed by atoms with Crippen LogP contribution in [0.4, 0.5) is 16.6 Å². The van der Waals surface area contributed by atoms with E-state index in [9.17, 15) is 4.79 Å². The van der Waals surface area contributed by atoms with E-state index in [4.69, 9.17) is 0 Å². The number of amides is 1. The molecule has 2 aromatic heterocycles. The Hall–Kier alpha value is -2.39. The summed E-state index contributed by atoms with van der Waals surface area (Å²) in [5, 5.41) is 19.3. The number of anilines is 3. The molecule has 0 saturated carbocycles. The Morgan fingerprint density at radius 1 is 1.31 bits per heavy atom. The molecule has 7 nitrogen and oxygen atoms in total. The Labute approximate surface area is 160 Å². The van der Waals surface area contributed by atoms with Crippen molar-refractivity contribution in [3.63, 3.8) is 0 Å². The van der Waals surface area contributed by atoms with Crippen molar-refractivity contribution in [2.24, 2.45) is 0 Å². The van der Waals surface area contributed by atoms with Crippen LogP contribution >= 0.6 is 23.1 Å². The predicted octanol–water partition coefficient (Wildman–Crippen LogP) is 4.10. The number of nitrogens with zero attached hydrogens (tertiary/aromatic N) is 4. The van der Waals surface area contributed by atoms with Gasteiger partial charge in [-0.15, -0.1) is 10.2 Å². The van der Waals surface area contributed by atoms with Crippen molar-refractivity contribution in [3.05, 3.63) is 42.1 Å². The summed E-state index contributed by atoms with van der Waals surface area (Å²) in [4.78, 5) is 12.2. The molecule has 9 heteroatoms. The second-order valence-corrected chi connectivity index (χ2v) is 8.16. The molecular weight excluding hydrogens is 368 g/mol. The van der Waals surface area contributed by atoms with Crippen molar-refractivity contribution in [2.75, 3.05) is 16.4 Å². The molecule has 0 unspecified atom stereocenters. The molecule has 0 saturated heterocycles. The SMILES string of the molecule is Cc1cccc(Nc2nnc(SCC(=O)Nc3ccnn3C(C)C)s2)c1. The topological polar surface area (TPSA) is 84.7 Å². The molecule has 2 N–H and O–H groups in total. The van der Waals surface area contributed by atoms with Crippen molar-refractivity contribution in [3.8, 4) is 0 Å². The van der Waals surface area contributed by atoms with Gasteiger partial charge in [0.1, 0.15) is 5.82 Å². The number of hydrogen-bond acceptors (Lipinski definition) is 7. The summed E-state index contributed by atoms with van der Waals surface area (Å²) < 4.78 is 2.52. The van der Waals surface area contributed by atoms with Gasteiger partial charge in [-0.05, 0) is 38.5 Å². The fraction of sp³-hybridized carbons (Fsp3) is 0.294. The van der Waals surface area contributed by atoms with E-state index < -0.39 is 0 Å². The van der Waals surface area contributed by atoms with Crippen molar-refractivity contribution in [1.82, 2.24) is 20.0 Å². The molecule has 136 valence electrons. The summed E-state index contributed by atoms with van der Waals surface area (Å²) in [5.74, 6) is 0.869. The van der Waals surface area contributed by atoms with Gasteiger partial charge in [0.15, 0.2) is 4.34 Å². The van der Waals surface area contributed by atoms with E-state index in [-0.39, 0.29) is 17.7 Å². The third-order valence-corrected chi connectivity index (χ3v) is 5.40. The molecule has 1 aromatic carbocycles. The van der Waals surface area contributed by atoms with Crippen LogP contribution in [0.5, 0.6) is 0 Å². The van der Waals surface area contributed by atoms with Crippen molar-refractivity contribution < 1.29 is 4.79 Å². The molecule has 3 aromatic rings. The molecule has 1 amide bonds. The first-order chi connectivity index (χ1) is 12.5. The molecule has 2 heterocycles. The zero-order chi connectivity index (χ0) is 18.5. The number of aryl methyl sites for hydroxylation is 1. The normalized spacial score (nSPS) is 10.9. The second kappa shape index (κ2) is 8.33. The Bertz CT molecular complexity index is 889. The summed E-state index contributed by atoms with van der Waals surface area (Å²) in [7, 11) is 0. The van der Waals surface area contributed by atoms with Gasteiger partial charge in [-0.1, -0.05) is 35.2 Å². The number of hydrogen-bond donors (Lipinski definition) is 2. The average molecular weight is 389 g/mol. The Balaban J connectivity index is 1.53. The minimum Gasteiger partial charge on any atom is -0.330 e. The number of aromatic nitrogens is 4. The van der Waals surface area contributed by atoms with E-state index in [2.05, 4.69) is 25.9 Å². The molecule has 0 bridgehead atoms. The van der Waals surface area contributed by atoms with E-state index in [0.29, 0.717) is 10.9 Å². The van der Waals surface area contributed by atoms with Gasteiger partial charge < -0.3 is 10.6 Å². The first kappa shape index (κ1) is 18.4. The van der Waals surface area contributed by atoms with Gasteiger partial charge in [-0.25, -0.2) is 4.68 Å². The summed E-state index contributed by atoms with van der Waals surface area (Å²) in [6, 6.07) is 10.0. The van der Waals surface area contributed by atoms with Crippen LogP contribution in [0.2, 0.25) is 0 Å². The highest BCUT2D eigenvalue weighted by Gasteiger charge is 2.12. The van der Waals surface area contributed by atoms with Crippen LogP contribution in [0.15, 0.2) is 40.9 Å². The number of thioether (sulfide) groups is 1. The maximum Gasteiger partial charge on any atom is 0.235 e. The summed E-state index contributed by atoms with van der Waals surface area (Å²) in [6.45, 7) is 6.07. The number of rotatable bonds is 7. The maximum absolute atomic E-state index is 12.2. The lowest BCUT2D eigenvalue weighted by Crippen LogP contribution is -2.18. The lowest BCUT2D eigenvalue weighted by atomic mass is 10.2. The van der Waals surface area contributed by atoms with Gasteiger partial charge in [0.05, 0.1) is 11.9 Å². The lowest BCUT2D eigenvalue weighted by Gasteiger charge is -2.11. The highest BCUT2D eigenvalue weighted by Crippen LogP contribution is 2.28. The Kier molecular flexibility index (Phi) is 5.89. The monoisotopic (exact) mass is 388 g/mol. The highest BCUT2D eigenvalue weighted by atomic mass is 32.2. The first-order valence-electron chi connectivity index (χ1n) is 8.14. The van der Waals surface area contributed by atoms with Crippen molar-refractivity contribution in [2.45, 2.75) is 31.2 Å². The Morgan fingerprint density at radius 2 is 2.15 bits per heavy atom. The number of benzene rings is 1. The lowest BCUT2D eigenvalue weighted by molar-refractivity contribution is -0.113. The van der Waals surface area contributed by atoms with Gasteiger partial charge in [0, 0.05) is 17.8 Å². The zero-order valence-corrected chi connectivity index (χ0v) is 16.4. The molecule has 0 spiro atoms. The van der Waals surface area contributed by atoms with Crippen LogP contribution in [-0.4, -0.2) is 31.6 Å². The van der Waals surface area contributed by atoms with Crippen LogP contribution in [0.3, 0.4) is 0 Å². The summed E-state index contributed by atoms with van der Waals surface area (Å²) in [5.41, 5.74) is 2.14. The van der Waals surface area contributed by atoms with E-state index >= 15 is 0 Å². The fourth-order valence-corrected chi connectivity index (χ4v) is 3.87. The highest BCUT2D eigenvalue weighted by molar-refractivity contribution is 8.01. The number of carbonyl (C=O) groups is 1. The van der Waals surface area contributed by atoms with E-state index in [0.717, 1.165) is 10.0 Å². The number of carbonyl (C=O) groups excluding carboxylic acids is 1.